The second-order valence-corrected chi connectivity index (χ2v) is 4.96. The number of aliphatic hydroxyl groups is 1. The Morgan fingerprint density at radius 3 is 2.27 bits per heavy atom. The van der Waals surface area contributed by atoms with Crippen LogP contribution >= 0.6 is 0 Å². The summed E-state index contributed by atoms with van der Waals surface area (Å²) in [6, 6.07) is 1.27. The molecule has 0 saturated carbocycles. The summed E-state index contributed by atoms with van der Waals surface area (Å²) in [7, 11) is 3.25. The van der Waals surface area contributed by atoms with Crippen LogP contribution in [0.1, 0.15) is 18.3 Å². The summed E-state index contributed by atoms with van der Waals surface area (Å²) in [6.45, 7) is 4.99. The molecule has 0 amide bonds. The fourth-order valence-corrected chi connectivity index (χ4v) is 2.35. The zero-order valence-corrected chi connectivity index (χ0v) is 13.5. The highest BCUT2D eigenvalue weighted by atomic mass is 16.5. The Morgan fingerprint density at radius 2 is 1.82 bits per heavy atom. The van der Waals surface area contributed by atoms with Crippen LogP contribution in [0.25, 0.3) is 0 Å². The van der Waals surface area contributed by atoms with Gasteiger partial charge in [0.05, 0.1) is 25.5 Å². The molecule has 0 spiro atoms. The molecule has 0 fully saturated rings. The van der Waals surface area contributed by atoms with Gasteiger partial charge in [-0.3, -0.25) is 9.69 Å². The second-order valence-electron chi connectivity index (χ2n) is 4.96. The van der Waals surface area contributed by atoms with E-state index in [1.165, 1.54) is 6.07 Å². The number of nitrogens with zero attached hydrogens (tertiary/aromatic N) is 2. The van der Waals surface area contributed by atoms with Crippen LogP contribution in [0.4, 0.5) is 0 Å². The van der Waals surface area contributed by atoms with Gasteiger partial charge in [-0.15, -0.1) is 0 Å². The first-order chi connectivity index (χ1) is 10.6. The Kier molecular flexibility index (Phi) is 8.11. The van der Waals surface area contributed by atoms with Crippen molar-refractivity contribution >= 4 is 0 Å². The van der Waals surface area contributed by atoms with Gasteiger partial charge in [0.15, 0.2) is 5.75 Å². The van der Waals surface area contributed by atoms with Crippen molar-refractivity contribution < 1.29 is 19.7 Å². The zero-order chi connectivity index (χ0) is 16.5. The highest BCUT2D eigenvalue weighted by Crippen LogP contribution is 2.17. The first-order valence-electron chi connectivity index (χ1n) is 7.34. The van der Waals surface area contributed by atoms with E-state index in [-0.39, 0.29) is 12.4 Å². The zero-order valence-electron chi connectivity index (χ0n) is 13.5. The van der Waals surface area contributed by atoms with E-state index in [1.54, 1.807) is 18.8 Å². The SMILES string of the molecule is CCn1c(CO)cc(=O)c(O)c1CN(CCOC)CCOC. The third-order valence-corrected chi connectivity index (χ3v) is 3.55. The number of aliphatic hydroxyl groups excluding tert-OH is 1. The van der Waals surface area contributed by atoms with E-state index in [0.717, 1.165) is 0 Å². The van der Waals surface area contributed by atoms with Crippen LogP contribution in [-0.4, -0.2) is 60.2 Å². The summed E-state index contributed by atoms with van der Waals surface area (Å²) < 4.78 is 12.0. The number of hydrogen-bond acceptors (Lipinski definition) is 6. The van der Waals surface area contributed by atoms with E-state index >= 15 is 0 Å². The first kappa shape index (κ1) is 18.6. The standard InChI is InChI=1S/C15H26N2O5/c1-4-17-12(11-18)9-14(19)15(20)13(17)10-16(5-7-21-2)6-8-22-3/h9,18,20H,4-8,10-11H2,1-3H3. The Labute approximate surface area is 130 Å². The minimum atomic E-state index is -0.470. The number of ether oxygens (including phenoxy) is 2. The van der Waals surface area contributed by atoms with E-state index < -0.39 is 5.43 Å². The molecule has 0 radical (unpaired) electrons. The average Bonchev–Trinajstić information content (AvgIpc) is 2.53. The van der Waals surface area contributed by atoms with Crippen molar-refractivity contribution in [3.8, 4) is 5.75 Å². The van der Waals surface area contributed by atoms with Gasteiger partial charge < -0.3 is 24.3 Å². The topological polar surface area (TPSA) is 84.2 Å². The van der Waals surface area contributed by atoms with Crippen molar-refractivity contribution in [2.75, 3.05) is 40.5 Å². The fourth-order valence-electron chi connectivity index (χ4n) is 2.35. The maximum Gasteiger partial charge on any atom is 0.223 e. The van der Waals surface area contributed by atoms with E-state index in [9.17, 15) is 15.0 Å². The fraction of sp³-hybridized carbons (Fsp3) is 0.667. The molecule has 1 aromatic heterocycles. The molecular formula is C15H26N2O5. The van der Waals surface area contributed by atoms with E-state index in [2.05, 4.69) is 0 Å². The molecule has 1 rings (SSSR count). The minimum absolute atomic E-state index is 0.244. The molecule has 7 heteroatoms. The average molecular weight is 314 g/mol. The van der Waals surface area contributed by atoms with Gasteiger partial charge in [-0.25, -0.2) is 0 Å². The molecular weight excluding hydrogens is 288 g/mol. The number of methoxy groups -OCH3 is 2. The molecule has 2 N–H and O–H groups in total. The third kappa shape index (κ3) is 4.81. The molecule has 126 valence electrons. The lowest BCUT2D eigenvalue weighted by molar-refractivity contribution is 0.108. The van der Waals surface area contributed by atoms with E-state index in [0.29, 0.717) is 50.8 Å². The summed E-state index contributed by atoms with van der Waals surface area (Å²) in [5.41, 5.74) is 0.534. The first-order valence-corrected chi connectivity index (χ1v) is 7.34. The van der Waals surface area contributed by atoms with Gasteiger partial charge in [0.2, 0.25) is 5.43 Å². The summed E-state index contributed by atoms with van der Waals surface area (Å²) >= 11 is 0. The van der Waals surface area contributed by atoms with Crippen molar-refractivity contribution in [2.45, 2.75) is 26.6 Å². The molecule has 0 unspecified atom stereocenters. The smallest absolute Gasteiger partial charge is 0.223 e. The molecule has 1 aromatic rings. The number of pyridine rings is 1. The van der Waals surface area contributed by atoms with Gasteiger partial charge >= 0.3 is 0 Å². The van der Waals surface area contributed by atoms with Crippen LogP contribution in [0.5, 0.6) is 5.75 Å². The molecule has 0 atom stereocenters. The Hall–Kier alpha value is -1.41. The minimum Gasteiger partial charge on any atom is -0.503 e. The molecule has 0 aliphatic heterocycles. The Bertz CT molecular complexity index is 507. The molecule has 7 nitrogen and oxygen atoms in total. The summed E-state index contributed by atoms with van der Waals surface area (Å²) in [5, 5.41) is 19.5. The predicted octanol–water partition coefficient (Wildman–Crippen LogP) is 0.161. The van der Waals surface area contributed by atoms with E-state index in [4.69, 9.17) is 9.47 Å². The maximum atomic E-state index is 11.9. The van der Waals surface area contributed by atoms with Crippen LogP contribution < -0.4 is 5.43 Å². The molecule has 0 bridgehead atoms. The lowest BCUT2D eigenvalue weighted by Crippen LogP contribution is -2.32. The van der Waals surface area contributed by atoms with Crippen LogP contribution in [0, 0.1) is 0 Å². The summed E-state index contributed by atoms with van der Waals surface area (Å²) in [4.78, 5) is 13.9. The molecule has 22 heavy (non-hydrogen) atoms. The number of hydrogen-bond donors (Lipinski definition) is 2. The van der Waals surface area contributed by atoms with Crippen LogP contribution in [0.15, 0.2) is 10.9 Å². The van der Waals surface area contributed by atoms with Crippen molar-refractivity contribution in [1.82, 2.24) is 9.47 Å². The van der Waals surface area contributed by atoms with E-state index in [1.807, 2.05) is 11.8 Å². The Balaban J connectivity index is 3.10. The third-order valence-electron chi connectivity index (χ3n) is 3.55. The van der Waals surface area contributed by atoms with Crippen molar-refractivity contribution in [3.63, 3.8) is 0 Å². The van der Waals surface area contributed by atoms with Crippen molar-refractivity contribution in [1.29, 1.82) is 0 Å². The van der Waals surface area contributed by atoms with Gasteiger partial charge in [0, 0.05) is 52.2 Å². The largest absolute Gasteiger partial charge is 0.503 e. The van der Waals surface area contributed by atoms with Gasteiger partial charge in [0.25, 0.3) is 0 Å². The molecule has 0 aliphatic carbocycles. The number of aromatic nitrogens is 1. The number of aromatic hydroxyl groups is 1. The summed E-state index contributed by atoms with van der Waals surface area (Å²) in [5.74, 6) is -0.265. The molecule has 0 aliphatic rings. The molecule has 0 saturated heterocycles. The lowest BCUT2D eigenvalue weighted by atomic mass is 10.2. The Morgan fingerprint density at radius 1 is 1.23 bits per heavy atom. The maximum absolute atomic E-state index is 11.9. The monoisotopic (exact) mass is 314 g/mol. The van der Waals surface area contributed by atoms with Crippen LogP contribution in [0.3, 0.4) is 0 Å². The van der Waals surface area contributed by atoms with Gasteiger partial charge in [-0.05, 0) is 6.92 Å². The highest BCUT2D eigenvalue weighted by molar-refractivity contribution is 5.30. The molecule has 0 aromatic carbocycles. The van der Waals surface area contributed by atoms with Gasteiger partial charge in [-0.2, -0.15) is 0 Å². The van der Waals surface area contributed by atoms with Crippen molar-refractivity contribution in [2.24, 2.45) is 0 Å². The number of rotatable bonds is 10. The second kappa shape index (κ2) is 9.58. The summed E-state index contributed by atoms with van der Waals surface area (Å²) in [6.07, 6.45) is 0. The van der Waals surface area contributed by atoms with Gasteiger partial charge in [0.1, 0.15) is 0 Å². The quantitative estimate of drug-likeness (QED) is 0.640. The highest BCUT2D eigenvalue weighted by Gasteiger charge is 2.17. The van der Waals surface area contributed by atoms with Crippen molar-refractivity contribution in [3.05, 3.63) is 27.7 Å². The van der Waals surface area contributed by atoms with Crippen LogP contribution in [-0.2, 0) is 29.2 Å². The molecule has 1 heterocycles. The van der Waals surface area contributed by atoms with Gasteiger partial charge in [-0.1, -0.05) is 0 Å². The normalized spacial score (nSPS) is 11.3. The van der Waals surface area contributed by atoms with Crippen LogP contribution in [0.2, 0.25) is 0 Å². The predicted molar refractivity (Wildman–Crippen MR) is 83.0 cm³/mol. The lowest BCUT2D eigenvalue weighted by Gasteiger charge is -2.25.